The van der Waals surface area contributed by atoms with Gasteiger partial charge in [0.2, 0.25) is 0 Å². The Morgan fingerprint density at radius 2 is 1.81 bits per heavy atom. The van der Waals surface area contributed by atoms with Crippen molar-refractivity contribution in [1.29, 1.82) is 0 Å². The van der Waals surface area contributed by atoms with Crippen LogP contribution in [-0.2, 0) is 19.4 Å². The molecule has 3 rings (SSSR count). The molecule has 0 aliphatic rings. The minimum Gasteiger partial charge on any atom is -0.288 e. The predicted octanol–water partition coefficient (Wildman–Crippen LogP) is 4.00. The molecule has 0 spiro atoms. The van der Waals surface area contributed by atoms with Gasteiger partial charge in [-0.05, 0) is 60.9 Å². The fourth-order valence-electron chi connectivity index (χ4n) is 2.99. The van der Waals surface area contributed by atoms with Gasteiger partial charge in [0.05, 0.1) is 5.69 Å². The highest BCUT2D eigenvalue weighted by Gasteiger charge is 2.10. The molecule has 0 fully saturated rings. The zero-order valence-corrected chi connectivity index (χ0v) is 15.2. The number of aryl methyl sites for hydroxylation is 3. The number of amides is 1. The first kappa shape index (κ1) is 18.8. The summed E-state index contributed by atoms with van der Waals surface area (Å²) in [6.07, 6.45) is 2.70. The molecule has 2 N–H and O–H groups in total. The number of hydrogen-bond donors (Lipinski definition) is 2. The van der Waals surface area contributed by atoms with E-state index in [2.05, 4.69) is 13.0 Å². The number of nitrogens with one attached hydrogen (secondary N) is 1. The molecule has 0 saturated carbocycles. The second-order valence-corrected chi connectivity index (χ2v) is 6.39. The van der Waals surface area contributed by atoms with Gasteiger partial charge in [0.1, 0.15) is 5.82 Å². The van der Waals surface area contributed by atoms with E-state index in [0.29, 0.717) is 12.1 Å². The normalized spacial score (nSPS) is 10.8. The van der Waals surface area contributed by atoms with E-state index in [4.69, 9.17) is 10.3 Å². The molecule has 0 atom stereocenters. The van der Waals surface area contributed by atoms with Crippen LogP contribution in [0.5, 0.6) is 0 Å². The van der Waals surface area contributed by atoms with Crippen molar-refractivity contribution in [2.75, 3.05) is 0 Å². The topological polar surface area (TPSA) is 67.2 Å². The number of carbonyl (C=O) groups excluding carboxylic acids is 1. The molecule has 0 bridgehead atoms. The average molecular weight is 367 g/mol. The van der Waals surface area contributed by atoms with E-state index in [0.717, 1.165) is 41.8 Å². The number of carbonyl (C=O) groups is 1. The van der Waals surface area contributed by atoms with Gasteiger partial charge in [-0.3, -0.25) is 14.7 Å². The van der Waals surface area contributed by atoms with Crippen LogP contribution in [-0.4, -0.2) is 20.9 Å². The van der Waals surface area contributed by atoms with Crippen LogP contribution < -0.4 is 5.48 Å². The van der Waals surface area contributed by atoms with Crippen molar-refractivity contribution in [3.05, 3.63) is 77.2 Å². The maximum Gasteiger partial charge on any atom is 0.274 e. The number of nitrogens with zero attached hydrogens (tertiary/aromatic N) is 2. The Balaban J connectivity index is 1.75. The number of hydroxylamine groups is 1. The van der Waals surface area contributed by atoms with Crippen LogP contribution in [0.1, 0.15) is 35.0 Å². The van der Waals surface area contributed by atoms with Gasteiger partial charge in [0, 0.05) is 23.4 Å². The van der Waals surface area contributed by atoms with Gasteiger partial charge < -0.3 is 0 Å². The summed E-state index contributed by atoms with van der Waals surface area (Å²) in [7, 11) is 0. The van der Waals surface area contributed by atoms with Gasteiger partial charge in [-0.25, -0.2) is 9.87 Å². The van der Waals surface area contributed by atoms with Gasteiger partial charge in [-0.1, -0.05) is 25.5 Å². The first-order chi connectivity index (χ1) is 13.1. The minimum atomic E-state index is -0.525. The fourth-order valence-corrected chi connectivity index (χ4v) is 2.99. The lowest BCUT2D eigenvalue weighted by Crippen LogP contribution is -2.18. The van der Waals surface area contributed by atoms with Crippen molar-refractivity contribution in [1.82, 2.24) is 15.3 Å². The third-order valence-electron chi connectivity index (χ3n) is 4.44. The van der Waals surface area contributed by atoms with Crippen LogP contribution in [0, 0.1) is 5.82 Å². The van der Waals surface area contributed by atoms with Crippen LogP contribution in [0.3, 0.4) is 0 Å². The van der Waals surface area contributed by atoms with Crippen LogP contribution in [0.25, 0.3) is 11.3 Å². The molecule has 2 aromatic carbocycles. The van der Waals surface area contributed by atoms with Crippen molar-refractivity contribution < 1.29 is 14.4 Å². The maximum absolute atomic E-state index is 13.2. The molecule has 1 amide bonds. The fraction of sp³-hybridized carbons (Fsp3) is 0.238. The highest BCUT2D eigenvalue weighted by molar-refractivity contribution is 5.93. The van der Waals surface area contributed by atoms with E-state index in [1.54, 1.807) is 29.7 Å². The van der Waals surface area contributed by atoms with Crippen molar-refractivity contribution in [2.45, 2.75) is 32.7 Å². The summed E-state index contributed by atoms with van der Waals surface area (Å²) in [5, 5.41) is 13.4. The van der Waals surface area contributed by atoms with E-state index >= 15 is 0 Å². The summed E-state index contributed by atoms with van der Waals surface area (Å²) in [5.41, 5.74) is 5.99. The number of halogens is 1. The summed E-state index contributed by atoms with van der Waals surface area (Å²) in [4.78, 5) is 11.4. The summed E-state index contributed by atoms with van der Waals surface area (Å²) >= 11 is 0. The molecule has 0 aliphatic heterocycles. The lowest BCUT2D eigenvalue weighted by Gasteiger charge is -2.07. The van der Waals surface area contributed by atoms with Gasteiger partial charge in [-0.2, -0.15) is 5.10 Å². The molecular weight excluding hydrogens is 345 g/mol. The standard InChI is InChI=1S/C21H22FN3O2/c1-2-3-19-14-20(16-8-10-18(22)11-9-16)23-25(19)13-12-15-4-6-17(7-5-15)21(26)24-27/h4-11,14,27H,2-3,12-13H2,1H3,(H,24,26). The molecule has 6 heteroatoms. The second-order valence-electron chi connectivity index (χ2n) is 6.39. The quantitative estimate of drug-likeness (QED) is 0.490. The van der Waals surface area contributed by atoms with Crippen molar-refractivity contribution in [2.24, 2.45) is 0 Å². The van der Waals surface area contributed by atoms with Crippen molar-refractivity contribution >= 4 is 5.91 Å². The Bertz CT molecular complexity index is 902. The van der Waals surface area contributed by atoms with Gasteiger partial charge in [0.25, 0.3) is 5.91 Å². The highest BCUT2D eigenvalue weighted by Crippen LogP contribution is 2.21. The Labute approximate surface area is 157 Å². The maximum atomic E-state index is 13.2. The van der Waals surface area contributed by atoms with Crippen LogP contribution in [0.4, 0.5) is 4.39 Å². The zero-order valence-electron chi connectivity index (χ0n) is 15.2. The van der Waals surface area contributed by atoms with Gasteiger partial charge in [0.15, 0.2) is 0 Å². The van der Waals surface area contributed by atoms with E-state index in [1.165, 1.54) is 12.1 Å². The Morgan fingerprint density at radius 1 is 1.11 bits per heavy atom. The number of aromatic nitrogens is 2. The monoisotopic (exact) mass is 367 g/mol. The second kappa shape index (κ2) is 8.60. The first-order valence-electron chi connectivity index (χ1n) is 8.96. The van der Waals surface area contributed by atoms with Crippen LogP contribution in [0.15, 0.2) is 54.6 Å². The van der Waals surface area contributed by atoms with Gasteiger partial charge in [-0.15, -0.1) is 0 Å². The summed E-state index contributed by atoms with van der Waals surface area (Å²) in [5.74, 6) is -0.784. The first-order valence-corrected chi connectivity index (χ1v) is 8.96. The lowest BCUT2D eigenvalue weighted by molar-refractivity contribution is 0.0706. The molecule has 0 saturated heterocycles. The molecule has 140 valence electrons. The molecule has 3 aromatic rings. The predicted molar refractivity (Wildman–Crippen MR) is 101 cm³/mol. The lowest BCUT2D eigenvalue weighted by atomic mass is 10.1. The van der Waals surface area contributed by atoms with Crippen LogP contribution in [0.2, 0.25) is 0 Å². The molecule has 1 heterocycles. The van der Waals surface area contributed by atoms with E-state index < -0.39 is 5.91 Å². The van der Waals surface area contributed by atoms with E-state index in [9.17, 15) is 9.18 Å². The largest absolute Gasteiger partial charge is 0.288 e. The third-order valence-corrected chi connectivity index (χ3v) is 4.44. The average Bonchev–Trinajstić information content (AvgIpc) is 3.10. The molecule has 0 aliphatic carbocycles. The summed E-state index contributed by atoms with van der Waals surface area (Å²) in [6, 6.07) is 15.5. The third kappa shape index (κ3) is 4.60. The Kier molecular flexibility index (Phi) is 5.98. The number of rotatable bonds is 7. The number of benzene rings is 2. The molecule has 27 heavy (non-hydrogen) atoms. The molecule has 0 radical (unpaired) electrons. The summed E-state index contributed by atoms with van der Waals surface area (Å²) < 4.78 is 15.1. The van der Waals surface area contributed by atoms with E-state index in [-0.39, 0.29) is 5.82 Å². The highest BCUT2D eigenvalue weighted by atomic mass is 19.1. The number of hydrogen-bond acceptors (Lipinski definition) is 3. The zero-order chi connectivity index (χ0) is 19.2. The summed E-state index contributed by atoms with van der Waals surface area (Å²) in [6.45, 7) is 2.84. The smallest absolute Gasteiger partial charge is 0.274 e. The minimum absolute atomic E-state index is 0.259. The van der Waals surface area contributed by atoms with Gasteiger partial charge >= 0.3 is 0 Å². The van der Waals surface area contributed by atoms with E-state index in [1.807, 2.05) is 16.8 Å². The van der Waals surface area contributed by atoms with Crippen molar-refractivity contribution in [3.8, 4) is 11.3 Å². The van der Waals surface area contributed by atoms with Crippen LogP contribution >= 0.6 is 0 Å². The SMILES string of the molecule is CCCc1cc(-c2ccc(F)cc2)nn1CCc1ccc(C(=O)NO)cc1. The molecule has 1 aromatic heterocycles. The Hall–Kier alpha value is -2.99. The molecular formula is C21H22FN3O2. The van der Waals surface area contributed by atoms with Crippen molar-refractivity contribution in [3.63, 3.8) is 0 Å². The molecule has 0 unspecified atom stereocenters. The molecule has 5 nitrogen and oxygen atoms in total. The Morgan fingerprint density at radius 3 is 2.44 bits per heavy atom.